The molecule has 2 aromatic heterocycles. The van der Waals surface area contributed by atoms with Gasteiger partial charge in [0.15, 0.2) is 0 Å². The van der Waals surface area contributed by atoms with E-state index in [1.807, 2.05) is 30.3 Å². The Labute approximate surface area is 156 Å². The summed E-state index contributed by atoms with van der Waals surface area (Å²) in [7, 11) is 0. The van der Waals surface area contributed by atoms with Crippen molar-refractivity contribution in [3.8, 4) is 5.00 Å². The third kappa shape index (κ3) is 4.28. The lowest BCUT2D eigenvalue weighted by Gasteiger charge is -2.09. The fraction of sp³-hybridized carbons (Fsp3) is 0.158. The van der Waals surface area contributed by atoms with Crippen LogP contribution < -0.4 is 10.9 Å². The average Bonchev–Trinajstić information content (AvgIpc) is 3.01. The fourth-order valence-corrected chi connectivity index (χ4v) is 3.57. The summed E-state index contributed by atoms with van der Waals surface area (Å²) < 4.78 is 39.7. The van der Waals surface area contributed by atoms with E-state index in [2.05, 4.69) is 5.32 Å². The molecule has 0 saturated carbocycles. The summed E-state index contributed by atoms with van der Waals surface area (Å²) in [6.45, 7) is 2.01. The van der Waals surface area contributed by atoms with E-state index < -0.39 is 17.3 Å². The van der Waals surface area contributed by atoms with E-state index in [4.69, 9.17) is 0 Å². The largest absolute Gasteiger partial charge is 0.417 e. The molecule has 0 fully saturated rings. The van der Waals surface area contributed by atoms with Gasteiger partial charge in [0.2, 0.25) is 0 Å². The highest BCUT2D eigenvalue weighted by Crippen LogP contribution is 2.30. The Morgan fingerprint density at radius 3 is 2.52 bits per heavy atom. The Kier molecular flexibility index (Phi) is 5.18. The molecule has 140 valence electrons. The van der Waals surface area contributed by atoms with Crippen LogP contribution in [-0.2, 0) is 12.7 Å². The zero-order chi connectivity index (χ0) is 19.6. The molecule has 2 heterocycles. The number of halogens is 3. The summed E-state index contributed by atoms with van der Waals surface area (Å²) in [6.07, 6.45) is -3.81. The number of hydrogen-bond acceptors (Lipinski definition) is 3. The van der Waals surface area contributed by atoms with Crippen molar-refractivity contribution in [3.63, 3.8) is 0 Å². The summed E-state index contributed by atoms with van der Waals surface area (Å²) in [5.74, 6) is -0.340. The van der Waals surface area contributed by atoms with Gasteiger partial charge < -0.3 is 5.32 Å². The molecule has 8 heteroatoms. The second-order valence-electron chi connectivity index (χ2n) is 5.89. The highest BCUT2D eigenvalue weighted by Gasteiger charge is 2.31. The first-order valence-electron chi connectivity index (χ1n) is 7.98. The smallest absolute Gasteiger partial charge is 0.347 e. The van der Waals surface area contributed by atoms with Crippen molar-refractivity contribution in [2.45, 2.75) is 19.6 Å². The number of hydrogen-bond donors (Lipinski definition) is 1. The van der Waals surface area contributed by atoms with Gasteiger partial charge in [-0.15, -0.1) is 11.3 Å². The van der Waals surface area contributed by atoms with Gasteiger partial charge >= 0.3 is 6.18 Å². The highest BCUT2D eigenvalue weighted by molar-refractivity contribution is 7.16. The van der Waals surface area contributed by atoms with Crippen LogP contribution in [0.5, 0.6) is 0 Å². The van der Waals surface area contributed by atoms with Gasteiger partial charge in [-0.1, -0.05) is 30.3 Å². The van der Waals surface area contributed by atoms with Crippen molar-refractivity contribution in [1.29, 1.82) is 0 Å². The minimum Gasteiger partial charge on any atom is -0.347 e. The Hall–Kier alpha value is -2.87. The van der Waals surface area contributed by atoms with E-state index in [0.717, 1.165) is 39.8 Å². The first-order valence-corrected chi connectivity index (χ1v) is 8.80. The number of aryl methyl sites for hydroxylation is 1. The standard InChI is InChI=1S/C19H15F3N2O2S/c1-12-9-16(24-11-14(19(20,21)22)7-8-15(24)25)27-17(12)18(26)23-10-13-5-3-2-4-6-13/h2-9,11H,10H2,1H3,(H,23,26). The van der Waals surface area contributed by atoms with Gasteiger partial charge in [-0.25, -0.2) is 0 Å². The van der Waals surface area contributed by atoms with Crippen molar-refractivity contribution >= 4 is 17.2 Å². The molecule has 0 aliphatic rings. The molecule has 3 aromatic rings. The second-order valence-corrected chi connectivity index (χ2v) is 6.92. The summed E-state index contributed by atoms with van der Waals surface area (Å²) in [6, 6.07) is 12.5. The van der Waals surface area contributed by atoms with E-state index in [1.54, 1.807) is 6.92 Å². The van der Waals surface area contributed by atoms with Gasteiger partial charge in [0, 0.05) is 18.8 Å². The van der Waals surface area contributed by atoms with Crippen LogP contribution in [0.1, 0.15) is 26.4 Å². The second kappa shape index (κ2) is 7.40. The van der Waals surface area contributed by atoms with Crippen LogP contribution in [-0.4, -0.2) is 10.5 Å². The topological polar surface area (TPSA) is 51.1 Å². The van der Waals surface area contributed by atoms with Crippen LogP contribution >= 0.6 is 11.3 Å². The molecule has 0 aliphatic carbocycles. The molecule has 1 N–H and O–H groups in total. The number of thiophene rings is 1. The third-order valence-electron chi connectivity index (χ3n) is 3.88. The first-order chi connectivity index (χ1) is 12.8. The maximum atomic E-state index is 12.9. The summed E-state index contributed by atoms with van der Waals surface area (Å²) in [5, 5.41) is 3.03. The molecular weight excluding hydrogens is 377 g/mol. The van der Waals surface area contributed by atoms with Crippen molar-refractivity contribution in [3.05, 3.63) is 86.6 Å². The minimum absolute atomic E-state index is 0.258. The van der Waals surface area contributed by atoms with Gasteiger partial charge in [0.1, 0.15) is 5.00 Å². The van der Waals surface area contributed by atoms with E-state index in [1.165, 1.54) is 6.07 Å². The molecule has 0 radical (unpaired) electrons. The number of carbonyl (C=O) groups excluding carboxylic acids is 1. The van der Waals surface area contributed by atoms with Crippen LogP contribution in [0.25, 0.3) is 5.00 Å². The quantitative estimate of drug-likeness (QED) is 0.725. The molecule has 1 aromatic carbocycles. The number of alkyl halides is 3. The van der Waals surface area contributed by atoms with Gasteiger partial charge in [-0.3, -0.25) is 14.2 Å². The van der Waals surface area contributed by atoms with Crippen molar-refractivity contribution < 1.29 is 18.0 Å². The summed E-state index contributed by atoms with van der Waals surface area (Å²) in [4.78, 5) is 24.8. The first kappa shape index (κ1) is 18.9. The van der Waals surface area contributed by atoms with Crippen molar-refractivity contribution in [2.24, 2.45) is 0 Å². The summed E-state index contributed by atoms with van der Waals surface area (Å²) in [5.41, 5.74) is -0.0111. The number of carbonyl (C=O) groups is 1. The van der Waals surface area contributed by atoms with Crippen LogP contribution in [0.4, 0.5) is 13.2 Å². The molecule has 1 amide bonds. The Morgan fingerprint density at radius 2 is 1.85 bits per heavy atom. The highest BCUT2D eigenvalue weighted by atomic mass is 32.1. The molecule has 0 unspecified atom stereocenters. The van der Waals surface area contributed by atoms with Crippen LogP contribution in [0.15, 0.2) is 59.5 Å². The number of benzene rings is 1. The number of aromatic nitrogens is 1. The van der Waals surface area contributed by atoms with Gasteiger partial charge in [0.05, 0.1) is 10.4 Å². The SMILES string of the molecule is Cc1cc(-n2cc(C(F)(F)F)ccc2=O)sc1C(=O)NCc1ccccc1. The van der Waals surface area contributed by atoms with Gasteiger partial charge in [-0.05, 0) is 30.2 Å². The van der Waals surface area contributed by atoms with Gasteiger partial charge in [-0.2, -0.15) is 13.2 Å². The predicted molar refractivity (Wildman–Crippen MR) is 97.3 cm³/mol. The van der Waals surface area contributed by atoms with Crippen LogP contribution in [0.2, 0.25) is 0 Å². The molecule has 4 nitrogen and oxygen atoms in total. The molecule has 0 bridgehead atoms. The minimum atomic E-state index is -4.56. The lowest BCUT2D eigenvalue weighted by atomic mass is 10.2. The maximum Gasteiger partial charge on any atom is 0.417 e. The Balaban J connectivity index is 1.86. The van der Waals surface area contributed by atoms with Gasteiger partial charge in [0.25, 0.3) is 11.5 Å². The normalized spacial score (nSPS) is 11.4. The van der Waals surface area contributed by atoms with Crippen LogP contribution in [0, 0.1) is 6.92 Å². The third-order valence-corrected chi connectivity index (χ3v) is 5.12. The van der Waals surface area contributed by atoms with Crippen LogP contribution in [0.3, 0.4) is 0 Å². The molecule has 0 atom stereocenters. The van der Waals surface area contributed by atoms with Crippen molar-refractivity contribution in [1.82, 2.24) is 9.88 Å². The number of rotatable bonds is 4. The number of nitrogens with one attached hydrogen (secondary N) is 1. The Morgan fingerprint density at radius 1 is 1.15 bits per heavy atom. The predicted octanol–water partition coefficient (Wildman–Crippen LogP) is 4.16. The van der Waals surface area contributed by atoms with E-state index in [9.17, 15) is 22.8 Å². The maximum absolute atomic E-state index is 12.9. The van der Waals surface area contributed by atoms with E-state index in [-0.39, 0.29) is 10.9 Å². The molecule has 3 rings (SSSR count). The van der Waals surface area contributed by atoms with Crippen molar-refractivity contribution in [2.75, 3.05) is 0 Å². The lowest BCUT2D eigenvalue weighted by Crippen LogP contribution is -2.22. The Bertz CT molecular complexity index is 1020. The monoisotopic (exact) mass is 392 g/mol. The average molecular weight is 392 g/mol. The van der Waals surface area contributed by atoms with E-state index in [0.29, 0.717) is 17.0 Å². The molecule has 27 heavy (non-hydrogen) atoms. The zero-order valence-corrected chi connectivity index (χ0v) is 15.0. The molecule has 0 saturated heterocycles. The summed E-state index contributed by atoms with van der Waals surface area (Å²) >= 11 is 0.973. The number of amides is 1. The number of pyridine rings is 1. The van der Waals surface area contributed by atoms with E-state index >= 15 is 0 Å². The molecule has 0 aliphatic heterocycles. The zero-order valence-electron chi connectivity index (χ0n) is 14.2. The molecule has 0 spiro atoms. The molecular formula is C19H15F3N2O2S. The number of nitrogens with zero attached hydrogens (tertiary/aromatic N) is 1. The fourth-order valence-electron chi connectivity index (χ4n) is 2.49. The lowest BCUT2D eigenvalue weighted by molar-refractivity contribution is -0.138.